The molecule has 0 bridgehead atoms. The lowest BCUT2D eigenvalue weighted by atomic mass is 9.81. The van der Waals surface area contributed by atoms with Crippen molar-refractivity contribution in [3.05, 3.63) is 271 Å². The smallest absolute Gasteiger partial charge is 0.324 e. The van der Waals surface area contributed by atoms with Crippen LogP contribution in [0.4, 0.5) is 47.7 Å². The van der Waals surface area contributed by atoms with Crippen molar-refractivity contribution in [2.24, 2.45) is 103 Å². The van der Waals surface area contributed by atoms with E-state index in [1.807, 2.05) is 206 Å². The fraction of sp³-hybridized carbons (Fsp3) is 0.430. The van der Waals surface area contributed by atoms with Gasteiger partial charge in [0.05, 0.1) is 0 Å². The van der Waals surface area contributed by atoms with E-state index >= 15 is 0 Å². The molecule has 24 nitrogen and oxygen atoms in total. The highest BCUT2D eigenvalue weighted by atomic mass is 35.5. The first-order valence-electron chi connectivity index (χ1n) is 47.8. The van der Waals surface area contributed by atoms with E-state index in [0.717, 1.165) is 156 Å². The number of nitrogens with zero attached hydrogens (tertiary/aromatic N) is 13. The van der Waals surface area contributed by atoms with E-state index in [2.05, 4.69) is 120 Å². The van der Waals surface area contributed by atoms with Crippen LogP contribution in [0.5, 0.6) is 0 Å². The molecule has 10 aromatic rings. The maximum absolute atomic E-state index is 13.7. The molecule has 0 unspecified atom stereocenters. The number of carbonyl (C=O) groups excluding carboxylic acids is 4. The number of aromatic nitrogens is 2. The van der Waals surface area contributed by atoms with Crippen molar-refractivity contribution in [2.75, 3.05) is 112 Å². The van der Waals surface area contributed by atoms with Gasteiger partial charge in [-0.2, -0.15) is 5.10 Å². The Morgan fingerprint density at radius 3 is 1.09 bits per heavy atom. The van der Waals surface area contributed by atoms with E-state index in [1.165, 1.54) is 84.9 Å². The first-order valence-corrected chi connectivity index (χ1v) is 48.2. The average Bonchev–Trinajstić information content (AvgIpc) is 0.814. The number of hydrogen-bond acceptors (Lipinski definition) is 10. The number of halogens is 1. The zero-order valence-corrected chi connectivity index (χ0v) is 78.7. The number of anilines is 5. The van der Waals surface area contributed by atoms with Crippen LogP contribution >= 0.6 is 11.6 Å². The summed E-state index contributed by atoms with van der Waals surface area (Å²) in [6.07, 6.45) is 26.0. The number of para-hydroxylation sites is 4. The number of nitrogens with one attached hydrogen (secondary N) is 1. The minimum absolute atomic E-state index is 0.00350. The van der Waals surface area contributed by atoms with Crippen LogP contribution in [0.25, 0.3) is 21.5 Å². The van der Waals surface area contributed by atoms with Crippen molar-refractivity contribution in [3.8, 4) is 0 Å². The second-order valence-corrected chi connectivity index (χ2v) is 37.5. The summed E-state index contributed by atoms with van der Waals surface area (Å²) < 4.78 is 0. The van der Waals surface area contributed by atoms with Crippen LogP contribution in [0.15, 0.2) is 264 Å². The predicted octanol–water partition coefficient (Wildman–Crippen LogP) is 20.3. The summed E-state index contributed by atoms with van der Waals surface area (Å²) in [6.45, 7) is 8.80. The van der Waals surface area contributed by atoms with Crippen molar-refractivity contribution < 1.29 is 19.2 Å². The number of rotatable bonds is 29. The second-order valence-electron chi connectivity index (χ2n) is 37.0. The van der Waals surface area contributed by atoms with Crippen molar-refractivity contribution in [1.82, 2.24) is 29.8 Å². The Bertz CT molecular complexity index is 5220. The molecule has 5 aliphatic rings. The van der Waals surface area contributed by atoms with Crippen molar-refractivity contribution >= 4 is 104 Å². The zero-order chi connectivity index (χ0) is 92.9. The molecule has 0 saturated heterocycles. The maximum Gasteiger partial charge on any atom is 0.324 e. The fourth-order valence-corrected chi connectivity index (χ4v) is 19.6. The molecule has 9 aromatic carbocycles. The lowest BCUT2D eigenvalue weighted by molar-refractivity contribution is 0.157. The van der Waals surface area contributed by atoms with Crippen LogP contribution in [0, 0.1) is 53.3 Å². The largest absolute Gasteiger partial charge is 0.370 e. The topological polar surface area (TPSA) is 325 Å². The third-order valence-corrected chi connectivity index (χ3v) is 27.5. The van der Waals surface area contributed by atoms with E-state index in [9.17, 15) is 19.2 Å². The molecular formula is C107H141ClN20O4. The number of aliphatic imine (C=N–C) groups is 3. The third kappa shape index (κ3) is 31.1. The molecule has 0 atom stereocenters. The number of fused-ring (bicyclic) bond motifs is 2. The number of guanidine groups is 3. The number of carbonyl (C=O) groups is 4. The molecule has 1 aromatic heterocycles. The Labute approximate surface area is 787 Å². The molecule has 0 spiro atoms. The molecule has 8 amide bonds. The highest BCUT2D eigenvalue weighted by Gasteiger charge is 2.34. The average molecular weight is 1810 g/mol. The van der Waals surface area contributed by atoms with Crippen molar-refractivity contribution in [2.45, 2.75) is 154 Å². The van der Waals surface area contributed by atoms with Gasteiger partial charge in [-0.05, 0) is 286 Å². The summed E-state index contributed by atoms with van der Waals surface area (Å²) in [5, 5.41) is 17.0. The normalized spacial score (nSPS) is 18.8. The lowest BCUT2D eigenvalue weighted by Crippen LogP contribution is -2.46. The van der Waals surface area contributed by atoms with Crippen LogP contribution in [0.1, 0.15) is 152 Å². The molecule has 5 fully saturated rings. The van der Waals surface area contributed by atoms with Gasteiger partial charge >= 0.3 is 24.1 Å². The van der Waals surface area contributed by atoms with Gasteiger partial charge in [0.15, 0.2) is 17.9 Å². The van der Waals surface area contributed by atoms with Gasteiger partial charge in [0.2, 0.25) is 0 Å². The quantitative estimate of drug-likeness (QED) is 0.0170. The van der Waals surface area contributed by atoms with Crippen molar-refractivity contribution in [3.63, 3.8) is 0 Å². The lowest BCUT2D eigenvalue weighted by Gasteiger charge is -2.37. The van der Waals surface area contributed by atoms with Gasteiger partial charge in [-0.25, -0.2) is 19.2 Å². The number of amides is 8. The van der Waals surface area contributed by atoms with E-state index in [4.69, 9.17) is 46.0 Å². The predicted molar refractivity (Wildman–Crippen MR) is 544 cm³/mol. The Hall–Kier alpha value is -12.4. The van der Waals surface area contributed by atoms with E-state index < -0.39 is 0 Å². The molecule has 132 heavy (non-hydrogen) atoms. The minimum atomic E-state index is 0.00350. The second kappa shape index (κ2) is 51.4. The van der Waals surface area contributed by atoms with Gasteiger partial charge in [-0.1, -0.05) is 195 Å². The van der Waals surface area contributed by atoms with Crippen LogP contribution < -0.4 is 59.3 Å². The summed E-state index contributed by atoms with van der Waals surface area (Å²) >= 11 is 6.04. The Kier molecular flexibility index (Phi) is 38.4. The Balaban J connectivity index is 0.000000159. The number of nitrogens with two attached hydrogens (primary N) is 6. The molecule has 15 rings (SSSR count). The molecule has 5 saturated carbocycles. The summed E-state index contributed by atoms with van der Waals surface area (Å²) in [6, 6.07) is 80.8. The Morgan fingerprint density at radius 2 is 0.674 bits per heavy atom. The van der Waals surface area contributed by atoms with Gasteiger partial charge < -0.3 is 59.3 Å². The molecule has 0 aliphatic heterocycles. The SMILES string of the molecule is CN(C(=O)N(CC1CCCCC1)CC1CCC(CNc2cccnn2)CC1)c1ccccc1.CN(C(=O)N(Cc1ccc(Cl)cc1)CC1CCC(CN=C(N)N)CC1)c1ccccc1.CN(C(=O)N(Cc1ccc2ccccc2c1)CC1CCC(CN=C(N)N)CC1)c1ccccc1.CN(C(=O)N(Cc1cccc2ccccc12)CC1CCC(CN=C(N)N)CC1)c1ccccc1. The first kappa shape index (κ1) is 98.6. The van der Waals surface area contributed by atoms with Crippen LogP contribution in [0.3, 0.4) is 0 Å². The van der Waals surface area contributed by atoms with Gasteiger partial charge in [-0.15, -0.1) is 5.10 Å². The summed E-state index contributed by atoms with van der Waals surface area (Å²) in [5.41, 5.74) is 40.0. The molecule has 1 heterocycles. The number of hydrogen-bond donors (Lipinski definition) is 7. The molecule has 5 aliphatic carbocycles. The van der Waals surface area contributed by atoms with Gasteiger partial charge in [0, 0.05) is 141 Å². The highest BCUT2D eigenvalue weighted by Crippen LogP contribution is 2.37. The first-order chi connectivity index (χ1) is 64.1. The summed E-state index contributed by atoms with van der Waals surface area (Å²) in [4.78, 5) is 82.1. The zero-order valence-electron chi connectivity index (χ0n) is 78.0. The number of benzene rings is 9. The Morgan fingerprint density at radius 1 is 0.333 bits per heavy atom. The molecule has 700 valence electrons. The highest BCUT2D eigenvalue weighted by molar-refractivity contribution is 6.30. The molecular weight excluding hydrogens is 1660 g/mol. The standard InChI is InChI=1S/2C28H35N5O.C27H39N5O.C24H32ClN5O/c1-32(25-11-3-2-4-12-25)28(34)33(19-22-16-14-21(15-17-22)18-31-27(29)30)20-24-10-7-9-23-8-5-6-13-26(23)24;1-32(26-9-3-2-4-10-26)28(34)33(19-22-13-11-21(12-14-22)18-31-27(29)30)20-23-15-16-24-7-5-6-8-25(24)17-23;1-31(25-11-6-3-7-12-25)27(33)32(20-23-9-4-2-5-10-23)21-24-16-14-22(15-17-24)19-28-26-13-8-18-29-30-26;1-29(22-5-3-2-4-6-22)24(31)30(17-20-11-13-21(25)14-12-20)16-19-9-7-18(8-10-19)15-28-23(26)27/h2-13,21-22H,14-20H2,1H3,(H4,29,30,31);2-10,15-17,21-22H,11-14,18-20H2,1H3,(H4,29,30,31);3,6-8,11-13,18,22-24H,2,4-5,9-10,14-17,19-21H2,1H3,(H,28,30);2-6,11-14,18-19H,7-10,15-17H2,1H3,(H4,26,27,28). The monoisotopic (exact) mass is 1810 g/mol. The van der Waals surface area contributed by atoms with Gasteiger partial charge in [-0.3, -0.25) is 34.6 Å². The van der Waals surface area contributed by atoms with Crippen LogP contribution in [-0.4, -0.2) is 159 Å². The van der Waals surface area contributed by atoms with Gasteiger partial charge in [0.1, 0.15) is 5.82 Å². The molecule has 13 N–H and O–H groups in total. The van der Waals surface area contributed by atoms with E-state index in [0.29, 0.717) is 97.6 Å². The van der Waals surface area contributed by atoms with Gasteiger partial charge in [0.25, 0.3) is 0 Å². The van der Waals surface area contributed by atoms with Crippen LogP contribution in [0.2, 0.25) is 5.02 Å². The van der Waals surface area contributed by atoms with E-state index in [1.54, 1.807) is 20.9 Å². The van der Waals surface area contributed by atoms with Crippen molar-refractivity contribution in [1.29, 1.82) is 0 Å². The molecule has 0 radical (unpaired) electrons. The van der Waals surface area contributed by atoms with Crippen LogP contribution in [-0.2, 0) is 19.6 Å². The van der Waals surface area contributed by atoms with E-state index in [-0.39, 0.29) is 42.0 Å². The number of urea groups is 4. The summed E-state index contributed by atoms with van der Waals surface area (Å²) in [5.74, 6) is 6.23. The minimum Gasteiger partial charge on any atom is -0.370 e. The maximum atomic E-state index is 13.7. The summed E-state index contributed by atoms with van der Waals surface area (Å²) in [7, 11) is 7.47. The fourth-order valence-electron chi connectivity index (χ4n) is 19.4. The molecule has 25 heteroatoms. The third-order valence-electron chi connectivity index (χ3n) is 27.2.